The molecule has 0 aliphatic carbocycles. The molecule has 0 spiro atoms. The Hall–Kier alpha value is -1.99. The molecule has 1 heterocycles. The molecular formula is C15H22N5OS+. The fourth-order valence-corrected chi connectivity index (χ4v) is 2.61. The Labute approximate surface area is 135 Å². The number of likely N-dealkylation sites (N-methyl/N-ethyl adjacent to an activating group) is 1. The van der Waals surface area contributed by atoms with Crippen LogP contribution in [-0.2, 0) is 6.54 Å². The van der Waals surface area contributed by atoms with Crippen LogP contribution in [0.3, 0.4) is 0 Å². The van der Waals surface area contributed by atoms with E-state index in [-0.39, 0.29) is 11.0 Å². The van der Waals surface area contributed by atoms with Crippen LogP contribution in [0.4, 0.5) is 5.69 Å². The second-order valence-corrected chi connectivity index (χ2v) is 5.50. The number of nitrogens with one attached hydrogen (secondary N) is 1. The number of azo groups is 1. The Kier molecular flexibility index (Phi) is 5.46. The fraction of sp³-hybridized carbons (Fsp3) is 0.400. The number of para-hydroxylation sites is 1. The van der Waals surface area contributed by atoms with Gasteiger partial charge < -0.3 is 20.3 Å². The standard InChI is InChI=1S/C15H21N5OS/c1-3-19(4-2)9-10-20-12-8-6-5-7-11(12)13(14(20)21)17-18-15(16)22/h5-8,21H,3-4,9-10H2,1-2H3,(H2,16,22)/p+1. The summed E-state index contributed by atoms with van der Waals surface area (Å²) < 4.78 is 1.87. The monoisotopic (exact) mass is 320 g/mol. The maximum absolute atomic E-state index is 10.5. The molecule has 4 N–H and O–H groups in total. The SMILES string of the molecule is CC[NH+](CC)CCn1c(O)c(N=NC(N)=S)c2ccccc21. The second kappa shape index (κ2) is 7.33. The van der Waals surface area contributed by atoms with E-state index < -0.39 is 0 Å². The molecule has 118 valence electrons. The maximum Gasteiger partial charge on any atom is 0.220 e. The van der Waals surface area contributed by atoms with Crippen LogP contribution in [0.5, 0.6) is 5.88 Å². The molecule has 0 unspecified atom stereocenters. The summed E-state index contributed by atoms with van der Waals surface area (Å²) in [6.45, 7) is 8.09. The lowest BCUT2D eigenvalue weighted by Crippen LogP contribution is -3.11. The van der Waals surface area contributed by atoms with E-state index in [1.807, 2.05) is 28.8 Å². The zero-order valence-electron chi connectivity index (χ0n) is 12.9. The average molecular weight is 320 g/mol. The lowest BCUT2D eigenvalue weighted by Gasteiger charge is -2.16. The molecular weight excluding hydrogens is 298 g/mol. The average Bonchev–Trinajstić information content (AvgIpc) is 2.78. The molecule has 0 fully saturated rings. The highest BCUT2D eigenvalue weighted by Gasteiger charge is 2.17. The Morgan fingerprint density at radius 1 is 1.32 bits per heavy atom. The van der Waals surface area contributed by atoms with Gasteiger partial charge in [0.25, 0.3) is 0 Å². The van der Waals surface area contributed by atoms with Crippen LogP contribution in [0, 0.1) is 0 Å². The van der Waals surface area contributed by atoms with Crippen molar-refractivity contribution < 1.29 is 10.0 Å². The molecule has 2 aromatic rings. The van der Waals surface area contributed by atoms with E-state index in [9.17, 15) is 5.11 Å². The fourth-order valence-electron chi connectivity index (χ4n) is 2.57. The van der Waals surface area contributed by atoms with Crippen molar-refractivity contribution in [3.8, 4) is 5.88 Å². The zero-order valence-corrected chi connectivity index (χ0v) is 13.7. The van der Waals surface area contributed by atoms with Gasteiger partial charge in [-0.1, -0.05) is 18.2 Å². The Morgan fingerprint density at radius 2 is 2.00 bits per heavy atom. The van der Waals surface area contributed by atoms with Crippen LogP contribution in [-0.4, -0.2) is 34.4 Å². The molecule has 0 amide bonds. The van der Waals surface area contributed by atoms with Crippen molar-refractivity contribution in [2.24, 2.45) is 16.0 Å². The third kappa shape index (κ3) is 3.42. The summed E-state index contributed by atoms with van der Waals surface area (Å²) in [4.78, 5) is 1.48. The van der Waals surface area contributed by atoms with Crippen LogP contribution in [0.25, 0.3) is 10.9 Å². The lowest BCUT2D eigenvalue weighted by atomic mass is 10.2. The number of rotatable bonds is 6. The largest absolute Gasteiger partial charge is 0.493 e. The lowest BCUT2D eigenvalue weighted by molar-refractivity contribution is -0.897. The van der Waals surface area contributed by atoms with Crippen LogP contribution in [0.15, 0.2) is 34.5 Å². The molecule has 0 aliphatic rings. The molecule has 0 radical (unpaired) electrons. The van der Waals surface area contributed by atoms with Gasteiger partial charge in [0.05, 0.1) is 31.7 Å². The van der Waals surface area contributed by atoms with Crippen molar-refractivity contribution >= 4 is 33.9 Å². The van der Waals surface area contributed by atoms with Gasteiger partial charge in [0.1, 0.15) is 0 Å². The molecule has 1 aromatic heterocycles. The minimum atomic E-state index is -0.0520. The van der Waals surface area contributed by atoms with Gasteiger partial charge in [-0.25, -0.2) is 0 Å². The van der Waals surface area contributed by atoms with Gasteiger partial charge in [0.2, 0.25) is 11.0 Å². The Bertz CT molecular complexity index is 691. The number of fused-ring (bicyclic) bond motifs is 1. The van der Waals surface area contributed by atoms with E-state index in [1.165, 1.54) is 4.90 Å². The molecule has 6 nitrogen and oxygen atoms in total. The van der Waals surface area contributed by atoms with Crippen molar-refractivity contribution in [3.05, 3.63) is 24.3 Å². The first-order chi connectivity index (χ1) is 10.6. The summed E-state index contributed by atoms with van der Waals surface area (Å²) in [6, 6.07) is 7.72. The Morgan fingerprint density at radius 3 is 2.64 bits per heavy atom. The van der Waals surface area contributed by atoms with E-state index in [0.717, 1.165) is 30.5 Å². The number of nitrogens with zero attached hydrogens (tertiary/aromatic N) is 3. The van der Waals surface area contributed by atoms with Crippen LogP contribution >= 0.6 is 12.2 Å². The molecule has 22 heavy (non-hydrogen) atoms. The van der Waals surface area contributed by atoms with Crippen molar-refractivity contribution in [1.82, 2.24) is 4.57 Å². The van der Waals surface area contributed by atoms with Gasteiger partial charge in [-0.05, 0) is 32.1 Å². The van der Waals surface area contributed by atoms with Crippen molar-refractivity contribution in [2.75, 3.05) is 19.6 Å². The number of hydrogen-bond donors (Lipinski definition) is 3. The molecule has 2 rings (SSSR count). The number of thiocarbonyl (C=S) groups is 1. The summed E-state index contributed by atoms with van der Waals surface area (Å²) >= 11 is 4.71. The smallest absolute Gasteiger partial charge is 0.220 e. The summed E-state index contributed by atoms with van der Waals surface area (Å²) in [6.07, 6.45) is 0. The van der Waals surface area contributed by atoms with Gasteiger partial charge in [0, 0.05) is 5.39 Å². The maximum atomic E-state index is 10.5. The molecule has 0 saturated heterocycles. The highest BCUT2D eigenvalue weighted by molar-refractivity contribution is 7.80. The third-order valence-corrected chi connectivity index (χ3v) is 3.94. The predicted molar refractivity (Wildman–Crippen MR) is 91.8 cm³/mol. The van der Waals surface area contributed by atoms with Crippen LogP contribution < -0.4 is 10.6 Å². The van der Waals surface area contributed by atoms with Crippen molar-refractivity contribution in [2.45, 2.75) is 20.4 Å². The summed E-state index contributed by atoms with van der Waals surface area (Å²) in [7, 11) is 0. The van der Waals surface area contributed by atoms with Crippen LogP contribution in [0.2, 0.25) is 0 Å². The number of nitrogens with two attached hydrogens (primary N) is 1. The quantitative estimate of drug-likeness (QED) is 0.559. The topological polar surface area (TPSA) is 80.3 Å². The van der Waals surface area contributed by atoms with Gasteiger partial charge in [-0.15, -0.1) is 10.2 Å². The predicted octanol–water partition coefficient (Wildman–Crippen LogP) is 1.60. The van der Waals surface area contributed by atoms with Gasteiger partial charge >= 0.3 is 0 Å². The van der Waals surface area contributed by atoms with E-state index >= 15 is 0 Å². The summed E-state index contributed by atoms with van der Waals surface area (Å²) in [5.41, 5.74) is 6.70. The molecule has 0 bridgehead atoms. The highest BCUT2D eigenvalue weighted by Crippen LogP contribution is 2.38. The number of aromatic nitrogens is 1. The molecule has 0 saturated carbocycles. The van der Waals surface area contributed by atoms with Gasteiger partial charge in [-0.2, -0.15) is 0 Å². The van der Waals surface area contributed by atoms with Crippen molar-refractivity contribution in [1.29, 1.82) is 0 Å². The van der Waals surface area contributed by atoms with Crippen LogP contribution in [0.1, 0.15) is 13.8 Å². The first kappa shape index (κ1) is 16.4. The first-order valence-electron chi connectivity index (χ1n) is 7.43. The Balaban J connectivity index is 2.41. The minimum absolute atomic E-state index is 0.0520. The molecule has 0 aliphatic heterocycles. The minimum Gasteiger partial charge on any atom is -0.493 e. The van der Waals surface area contributed by atoms with E-state index in [2.05, 4.69) is 24.1 Å². The van der Waals surface area contributed by atoms with Gasteiger partial charge in [0.15, 0.2) is 5.69 Å². The first-order valence-corrected chi connectivity index (χ1v) is 7.84. The highest BCUT2D eigenvalue weighted by atomic mass is 32.1. The van der Waals surface area contributed by atoms with Gasteiger partial charge in [-0.3, -0.25) is 0 Å². The molecule has 1 aromatic carbocycles. The van der Waals surface area contributed by atoms with Crippen molar-refractivity contribution in [3.63, 3.8) is 0 Å². The zero-order chi connectivity index (χ0) is 16.1. The van der Waals surface area contributed by atoms with E-state index in [4.69, 9.17) is 18.0 Å². The second-order valence-electron chi connectivity index (χ2n) is 5.09. The normalized spacial score (nSPS) is 11.8. The number of hydrogen-bond acceptors (Lipinski definition) is 3. The van der Waals surface area contributed by atoms with E-state index in [0.29, 0.717) is 12.2 Å². The molecule has 0 atom stereocenters. The molecule has 7 heteroatoms. The van der Waals surface area contributed by atoms with E-state index in [1.54, 1.807) is 0 Å². The summed E-state index contributed by atoms with van der Waals surface area (Å²) in [5.74, 6) is 0.104. The number of benzene rings is 1. The summed E-state index contributed by atoms with van der Waals surface area (Å²) in [5, 5.41) is 19.0. The number of quaternary nitrogens is 1. The number of aromatic hydroxyl groups is 1. The third-order valence-electron chi connectivity index (χ3n) is 3.85.